The highest BCUT2D eigenvalue weighted by atomic mass is 16.6. The van der Waals surface area contributed by atoms with E-state index in [-0.39, 0.29) is 48.1 Å². The Labute approximate surface area is 235 Å². The van der Waals surface area contributed by atoms with E-state index in [4.69, 9.17) is 24.8 Å². The van der Waals surface area contributed by atoms with Gasteiger partial charge in [-0.25, -0.2) is 5.84 Å². The Morgan fingerprint density at radius 2 is 2.00 bits per heavy atom. The van der Waals surface area contributed by atoms with E-state index in [1.54, 1.807) is 13.0 Å². The fraction of sp³-hybridized carbons (Fsp3) is 0.679. The number of epoxide rings is 1. The quantitative estimate of drug-likeness (QED) is 0.0473. The molecule has 0 aromatic rings. The molecule has 3 aliphatic rings. The fourth-order valence-corrected chi connectivity index (χ4v) is 5.25. The molecule has 2 amide bonds. The molecule has 12 heteroatoms. The van der Waals surface area contributed by atoms with Crippen LogP contribution in [-0.2, 0) is 33.3 Å². The van der Waals surface area contributed by atoms with Crippen molar-refractivity contribution < 1.29 is 33.3 Å². The standard InChI is InChI=1S/C28H42N4O8/c1-16(7-10-24-27(32-36)28(15-37-28)14-21(40-24)13-26(35)31-29)6-9-23-17(2)12-22(19(4)39-23)30-25(34)11-8-18(3)38-20(5)33/h6,8,11,17-19,21-23H,7,9-10,12-15,29H2,1-5H3,(H,30,34)(H,31,35). The van der Waals surface area contributed by atoms with Crippen molar-refractivity contribution >= 4 is 17.8 Å². The lowest BCUT2D eigenvalue weighted by Gasteiger charge is -2.39. The normalized spacial score (nSPS) is 30.9. The van der Waals surface area contributed by atoms with Crippen molar-refractivity contribution in [3.05, 3.63) is 40.2 Å². The predicted octanol–water partition coefficient (Wildman–Crippen LogP) is 2.83. The Balaban J connectivity index is 1.50. The summed E-state index contributed by atoms with van der Waals surface area (Å²) in [4.78, 5) is 46.7. The lowest BCUT2D eigenvalue weighted by Crippen LogP contribution is -2.50. The van der Waals surface area contributed by atoms with Gasteiger partial charge in [0.05, 0.1) is 31.3 Å². The van der Waals surface area contributed by atoms with Crippen molar-refractivity contribution in [3.8, 4) is 0 Å². The maximum Gasteiger partial charge on any atom is 0.303 e. The number of carbonyl (C=O) groups is 3. The van der Waals surface area contributed by atoms with Gasteiger partial charge in [0, 0.05) is 25.8 Å². The van der Waals surface area contributed by atoms with E-state index in [1.807, 2.05) is 13.8 Å². The van der Waals surface area contributed by atoms with E-state index in [0.29, 0.717) is 38.0 Å². The molecule has 0 aromatic carbocycles. The third-order valence-electron chi connectivity index (χ3n) is 7.58. The number of rotatable bonds is 12. The number of esters is 1. The van der Waals surface area contributed by atoms with E-state index >= 15 is 0 Å². The SMILES string of the molecule is CC(=O)OC(C)C=CC(=O)NC1CC(C)C(CC=C(C)CCC2=C(N=O)C3(CO3)CC(CC(=O)NN)O2)OC1C. The van der Waals surface area contributed by atoms with Gasteiger partial charge < -0.3 is 24.3 Å². The highest BCUT2D eigenvalue weighted by molar-refractivity contribution is 5.87. The van der Waals surface area contributed by atoms with Gasteiger partial charge in [-0.3, -0.25) is 19.8 Å². The monoisotopic (exact) mass is 562 g/mol. The Morgan fingerprint density at radius 3 is 2.62 bits per heavy atom. The molecule has 0 aromatic heterocycles. The fourth-order valence-electron chi connectivity index (χ4n) is 5.25. The van der Waals surface area contributed by atoms with Crippen LogP contribution in [0.25, 0.3) is 0 Å². The van der Waals surface area contributed by atoms with E-state index < -0.39 is 23.8 Å². The second kappa shape index (κ2) is 14.0. The molecule has 0 radical (unpaired) electrons. The van der Waals surface area contributed by atoms with Gasteiger partial charge in [-0.05, 0) is 57.2 Å². The van der Waals surface area contributed by atoms with E-state index in [9.17, 15) is 19.3 Å². The number of amides is 2. The summed E-state index contributed by atoms with van der Waals surface area (Å²) in [5.41, 5.74) is 2.75. The maximum absolute atomic E-state index is 12.4. The largest absolute Gasteiger partial charge is 0.492 e. The number of nitrogens with one attached hydrogen (secondary N) is 2. The van der Waals surface area contributed by atoms with Crippen LogP contribution in [-0.4, -0.2) is 60.4 Å². The lowest BCUT2D eigenvalue weighted by molar-refractivity contribution is -0.143. The van der Waals surface area contributed by atoms with Crippen LogP contribution in [0.15, 0.2) is 40.4 Å². The third kappa shape index (κ3) is 8.70. The number of carbonyl (C=O) groups excluding carboxylic acids is 3. The van der Waals surface area contributed by atoms with Crippen LogP contribution in [0.3, 0.4) is 0 Å². The number of ether oxygens (including phenoxy) is 4. The number of allylic oxidation sites excluding steroid dienone is 2. The van der Waals surface area contributed by atoms with Crippen LogP contribution in [0.1, 0.15) is 73.1 Å². The Hall–Kier alpha value is -3.09. The summed E-state index contributed by atoms with van der Waals surface area (Å²) in [6.07, 6.45) is 7.02. The lowest BCUT2D eigenvalue weighted by atomic mass is 9.87. The van der Waals surface area contributed by atoms with Gasteiger partial charge in [0.15, 0.2) is 5.70 Å². The zero-order valence-corrected chi connectivity index (χ0v) is 23.9. The van der Waals surface area contributed by atoms with E-state index in [2.05, 4.69) is 28.9 Å². The van der Waals surface area contributed by atoms with E-state index in [1.165, 1.54) is 13.0 Å². The molecule has 3 rings (SSSR count). The van der Waals surface area contributed by atoms with Crippen molar-refractivity contribution in [2.24, 2.45) is 16.9 Å². The number of hydrogen-bond donors (Lipinski definition) is 3. The van der Waals surface area contributed by atoms with Gasteiger partial charge in [-0.1, -0.05) is 18.6 Å². The molecule has 7 unspecified atom stereocenters. The predicted molar refractivity (Wildman–Crippen MR) is 146 cm³/mol. The van der Waals surface area contributed by atoms with Crippen molar-refractivity contribution in [2.45, 2.75) is 109 Å². The molecule has 7 atom stereocenters. The molecule has 0 saturated carbocycles. The Kier molecular flexibility index (Phi) is 11.0. The van der Waals surface area contributed by atoms with Crippen molar-refractivity contribution in [1.82, 2.24) is 10.7 Å². The average molecular weight is 563 g/mol. The summed E-state index contributed by atoms with van der Waals surface area (Å²) < 4.78 is 22.8. The first-order valence-corrected chi connectivity index (χ1v) is 13.8. The molecule has 40 heavy (non-hydrogen) atoms. The second-order valence-corrected chi connectivity index (χ2v) is 11.0. The molecule has 222 valence electrons. The molecule has 3 aliphatic heterocycles. The smallest absolute Gasteiger partial charge is 0.303 e. The zero-order valence-electron chi connectivity index (χ0n) is 23.9. The van der Waals surface area contributed by atoms with Gasteiger partial charge >= 0.3 is 5.97 Å². The first kappa shape index (κ1) is 31.4. The number of nitroso groups, excluding NO2 is 1. The van der Waals surface area contributed by atoms with Gasteiger partial charge in [0.1, 0.15) is 23.6 Å². The second-order valence-electron chi connectivity index (χ2n) is 11.0. The molecule has 12 nitrogen and oxygen atoms in total. The summed E-state index contributed by atoms with van der Waals surface area (Å²) in [5.74, 6) is 4.89. The van der Waals surface area contributed by atoms with Crippen LogP contribution in [0, 0.1) is 10.8 Å². The molecule has 0 bridgehead atoms. The van der Waals surface area contributed by atoms with Crippen molar-refractivity contribution in [2.75, 3.05) is 6.61 Å². The van der Waals surface area contributed by atoms with Crippen molar-refractivity contribution in [3.63, 3.8) is 0 Å². The van der Waals surface area contributed by atoms with Gasteiger partial charge in [-0.2, -0.15) is 0 Å². The summed E-state index contributed by atoms with van der Waals surface area (Å²) in [6, 6.07) is -0.131. The minimum atomic E-state index is -0.754. The Morgan fingerprint density at radius 1 is 1.27 bits per heavy atom. The van der Waals surface area contributed by atoms with Crippen LogP contribution in [0.2, 0.25) is 0 Å². The highest BCUT2D eigenvalue weighted by Gasteiger charge is 2.56. The minimum absolute atomic E-state index is 0.00253. The summed E-state index contributed by atoms with van der Waals surface area (Å²) in [5, 5.41) is 6.20. The topological polar surface area (TPSA) is 171 Å². The third-order valence-corrected chi connectivity index (χ3v) is 7.58. The van der Waals surface area contributed by atoms with Gasteiger partial charge in [0.25, 0.3) is 0 Å². The van der Waals surface area contributed by atoms with Crippen molar-refractivity contribution in [1.29, 1.82) is 0 Å². The summed E-state index contributed by atoms with van der Waals surface area (Å²) in [7, 11) is 0. The molecule has 4 N–H and O–H groups in total. The van der Waals surface area contributed by atoms with Crippen LogP contribution in [0.5, 0.6) is 0 Å². The molecular formula is C28H42N4O8. The first-order valence-electron chi connectivity index (χ1n) is 13.8. The first-order chi connectivity index (χ1) is 19.0. The molecule has 3 heterocycles. The Bertz CT molecular complexity index is 1050. The number of nitrogens with zero attached hydrogens (tertiary/aromatic N) is 1. The number of hydrogen-bond acceptors (Lipinski definition) is 10. The average Bonchev–Trinajstić information content (AvgIpc) is 3.65. The van der Waals surface area contributed by atoms with Gasteiger partial charge in [0.2, 0.25) is 11.8 Å². The van der Waals surface area contributed by atoms with Crippen LogP contribution < -0.4 is 16.6 Å². The maximum atomic E-state index is 12.4. The number of hydrazine groups is 1. The van der Waals surface area contributed by atoms with E-state index in [0.717, 1.165) is 12.0 Å². The highest BCUT2D eigenvalue weighted by Crippen LogP contribution is 2.47. The number of nitrogens with two attached hydrogens (primary N) is 1. The van der Waals surface area contributed by atoms with Crippen LogP contribution >= 0.6 is 0 Å². The van der Waals surface area contributed by atoms with Gasteiger partial charge in [-0.15, -0.1) is 4.91 Å². The zero-order chi connectivity index (χ0) is 29.4. The molecule has 2 saturated heterocycles. The minimum Gasteiger partial charge on any atom is -0.492 e. The summed E-state index contributed by atoms with van der Waals surface area (Å²) in [6.45, 7) is 9.47. The molecule has 1 spiro atoms. The summed E-state index contributed by atoms with van der Waals surface area (Å²) >= 11 is 0. The van der Waals surface area contributed by atoms with Crippen LogP contribution in [0.4, 0.5) is 0 Å². The molecular weight excluding hydrogens is 520 g/mol. The molecule has 2 fully saturated rings. The molecule has 0 aliphatic carbocycles.